The highest BCUT2D eigenvalue weighted by Crippen LogP contribution is 2.51. The maximum atomic E-state index is 15.2. The van der Waals surface area contributed by atoms with Crippen LogP contribution in [0.2, 0.25) is 0 Å². The quantitative estimate of drug-likeness (QED) is 0.176. The molecule has 4 unspecified atom stereocenters. The number of aliphatic hydroxyl groups is 1. The maximum Gasteiger partial charge on any atom is 0.510 e. The Morgan fingerprint density at radius 1 is 1.12 bits per heavy atom. The number of halogens is 1. The minimum absolute atomic E-state index is 0.129. The van der Waals surface area contributed by atoms with Crippen LogP contribution >= 0.6 is 7.82 Å². The number of anilines is 1. The monoisotopic (exact) mass is 601 g/mol. The summed E-state index contributed by atoms with van der Waals surface area (Å²) in [6, 6.07) is 1.21. The van der Waals surface area contributed by atoms with Gasteiger partial charge in [0.25, 0.3) is 0 Å². The average Bonchev–Trinajstić information content (AvgIpc) is 3.08. The molecule has 0 saturated carbocycles. The fourth-order valence-electron chi connectivity index (χ4n) is 3.21. The third-order valence-electron chi connectivity index (χ3n) is 4.89. The first kappa shape index (κ1) is 33.3. The molecule has 1 saturated heterocycles. The fraction of sp³-hybridized carbons (Fsp3) is 0.714. The Hall–Kier alpha value is -2.86. The molecule has 228 valence electrons. The third kappa shape index (κ3) is 9.36. The lowest BCUT2D eigenvalue weighted by atomic mass is 9.98. The number of phosphoric acid groups is 1. The van der Waals surface area contributed by atoms with Crippen LogP contribution in [0.15, 0.2) is 17.1 Å². The molecule has 0 spiro atoms. The van der Waals surface area contributed by atoms with Crippen LogP contribution in [0.3, 0.4) is 0 Å². The number of hydrogen-bond donors (Lipinski definition) is 2. The van der Waals surface area contributed by atoms with Crippen molar-refractivity contribution in [1.29, 1.82) is 0 Å². The Bertz CT molecular complexity index is 1070. The largest absolute Gasteiger partial charge is 0.510 e. The molecule has 19 heteroatoms. The number of carbonyl (C=O) groups excluding carboxylic acids is 2. The lowest BCUT2D eigenvalue weighted by Crippen LogP contribution is -2.49. The first-order valence-corrected chi connectivity index (χ1v) is 13.2. The summed E-state index contributed by atoms with van der Waals surface area (Å²) in [5, 5.41) is 10.7. The normalized spacial score (nSPS) is 22.9. The molecular formula is C21H33FN3O14P. The highest BCUT2D eigenvalue weighted by atomic mass is 31.2. The van der Waals surface area contributed by atoms with E-state index in [1.807, 2.05) is 0 Å². The SMILES string of the molecule is COCC1(COP(=O)(OCOC(=O)OC(C)C)OCOC(=O)OC(C)C)OC(n2ccc(N)nc2=O)C(F)C1O. The smallest absolute Gasteiger partial charge is 0.432 e. The number of aromatic nitrogens is 2. The molecule has 0 aliphatic carbocycles. The lowest BCUT2D eigenvalue weighted by Gasteiger charge is -2.31. The number of ether oxygens (including phenoxy) is 6. The van der Waals surface area contributed by atoms with E-state index in [-0.39, 0.29) is 5.82 Å². The van der Waals surface area contributed by atoms with Crippen molar-refractivity contribution in [1.82, 2.24) is 9.55 Å². The summed E-state index contributed by atoms with van der Waals surface area (Å²) in [5.41, 5.74) is 2.42. The number of carbonyl (C=O) groups is 2. The maximum absolute atomic E-state index is 15.2. The van der Waals surface area contributed by atoms with Gasteiger partial charge in [0.05, 0.1) is 25.4 Å². The van der Waals surface area contributed by atoms with Gasteiger partial charge in [-0.15, -0.1) is 0 Å². The van der Waals surface area contributed by atoms with Crippen molar-refractivity contribution >= 4 is 26.0 Å². The Labute approximate surface area is 228 Å². The van der Waals surface area contributed by atoms with Crippen LogP contribution in [-0.4, -0.2) is 91.0 Å². The molecule has 4 atom stereocenters. The van der Waals surface area contributed by atoms with Gasteiger partial charge in [-0.05, 0) is 33.8 Å². The number of aliphatic hydroxyl groups excluding tert-OH is 1. The topological polar surface area (TPSA) is 215 Å². The van der Waals surface area contributed by atoms with Crippen LogP contribution < -0.4 is 11.4 Å². The van der Waals surface area contributed by atoms with Gasteiger partial charge in [-0.3, -0.25) is 9.09 Å². The number of phosphoric ester groups is 1. The van der Waals surface area contributed by atoms with Crippen molar-refractivity contribution in [2.45, 2.75) is 64.0 Å². The van der Waals surface area contributed by atoms with Crippen LogP contribution in [0.25, 0.3) is 0 Å². The molecule has 1 aromatic heterocycles. The van der Waals surface area contributed by atoms with Crippen LogP contribution in [0.4, 0.5) is 19.8 Å². The second kappa shape index (κ2) is 14.7. The van der Waals surface area contributed by atoms with E-state index in [0.29, 0.717) is 0 Å². The van der Waals surface area contributed by atoms with Crippen molar-refractivity contribution in [3.8, 4) is 0 Å². The average molecular weight is 601 g/mol. The predicted octanol–water partition coefficient (Wildman–Crippen LogP) is 1.63. The minimum atomic E-state index is -4.81. The molecule has 17 nitrogen and oxygen atoms in total. The third-order valence-corrected chi connectivity index (χ3v) is 6.18. The molecule has 3 N–H and O–H groups in total. The number of methoxy groups -OCH3 is 1. The van der Waals surface area contributed by atoms with E-state index in [4.69, 9.17) is 38.3 Å². The van der Waals surface area contributed by atoms with Crippen LogP contribution in [0.1, 0.15) is 33.9 Å². The van der Waals surface area contributed by atoms with E-state index in [0.717, 1.165) is 10.8 Å². The van der Waals surface area contributed by atoms with Gasteiger partial charge in [-0.1, -0.05) is 0 Å². The number of hydrogen-bond acceptors (Lipinski definition) is 16. The van der Waals surface area contributed by atoms with Crippen molar-refractivity contribution < 1.29 is 65.6 Å². The summed E-state index contributed by atoms with van der Waals surface area (Å²) in [6.07, 6.45) is -8.23. The van der Waals surface area contributed by atoms with E-state index < -0.39 is 88.9 Å². The molecule has 40 heavy (non-hydrogen) atoms. The van der Waals surface area contributed by atoms with Gasteiger partial charge in [0.2, 0.25) is 13.6 Å². The molecule has 2 rings (SSSR count). The zero-order valence-corrected chi connectivity index (χ0v) is 23.3. The summed E-state index contributed by atoms with van der Waals surface area (Å²) in [7, 11) is -3.61. The van der Waals surface area contributed by atoms with E-state index in [1.165, 1.54) is 13.2 Å². The molecular weight excluding hydrogens is 568 g/mol. The van der Waals surface area contributed by atoms with E-state index in [1.54, 1.807) is 27.7 Å². The van der Waals surface area contributed by atoms with Gasteiger partial charge in [0, 0.05) is 13.3 Å². The van der Waals surface area contributed by atoms with Gasteiger partial charge in [-0.25, -0.2) is 32.4 Å². The van der Waals surface area contributed by atoms with Crippen molar-refractivity contribution in [2.24, 2.45) is 0 Å². The second-order valence-electron chi connectivity index (χ2n) is 8.77. The Kier molecular flexibility index (Phi) is 12.2. The molecule has 0 radical (unpaired) electrons. The summed E-state index contributed by atoms with van der Waals surface area (Å²) < 4.78 is 73.8. The van der Waals surface area contributed by atoms with Gasteiger partial charge >= 0.3 is 25.8 Å². The first-order chi connectivity index (χ1) is 18.7. The van der Waals surface area contributed by atoms with Crippen LogP contribution in [0, 0.1) is 0 Å². The molecule has 0 amide bonds. The van der Waals surface area contributed by atoms with Gasteiger partial charge in [-0.2, -0.15) is 4.98 Å². The first-order valence-electron chi connectivity index (χ1n) is 11.8. The molecule has 1 aliphatic rings. The Morgan fingerprint density at radius 3 is 2.15 bits per heavy atom. The number of rotatable bonds is 14. The summed E-state index contributed by atoms with van der Waals surface area (Å²) in [6.45, 7) is 2.73. The zero-order valence-electron chi connectivity index (χ0n) is 22.4. The fourth-order valence-corrected chi connectivity index (χ4v) is 4.17. The zero-order chi connectivity index (χ0) is 30.1. The lowest BCUT2D eigenvalue weighted by molar-refractivity contribution is -0.157. The Morgan fingerprint density at radius 2 is 1.68 bits per heavy atom. The molecule has 0 bridgehead atoms. The highest BCUT2D eigenvalue weighted by Gasteiger charge is 2.57. The second-order valence-corrected chi connectivity index (χ2v) is 10.4. The van der Waals surface area contributed by atoms with Crippen LogP contribution in [-0.2, 0) is 46.6 Å². The number of alkyl halides is 1. The van der Waals surface area contributed by atoms with Gasteiger partial charge < -0.3 is 39.3 Å². The molecule has 0 aromatic carbocycles. The summed E-state index contributed by atoms with van der Waals surface area (Å²) in [5.74, 6) is -0.129. The summed E-state index contributed by atoms with van der Waals surface area (Å²) in [4.78, 5) is 39.0. The van der Waals surface area contributed by atoms with Crippen molar-refractivity contribution in [2.75, 3.05) is 39.6 Å². The summed E-state index contributed by atoms with van der Waals surface area (Å²) >= 11 is 0. The van der Waals surface area contributed by atoms with E-state index in [2.05, 4.69) is 14.5 Å². The number of nitrogens with two attached hydrogens (primary N) is 1. The standard InChI is InChI=1S/C21H33FN3O14P/c1-12(2)37-19(28)32-10-35-40(30,36-11-33-20(29)38-13(3)4)34-9-21(8-31-5)16(26)15(22)17(39-21)25-7-6-14(23)24-18(25)27/h6-7,12-13,15-17,26H,8-11H2,1-5H3,(H2,23,24,27). The molecule has 1 aliphatic heterocycles. The van der Waals surface area contributed by atoms with E-state index >= 15 is 4.39 Å². The minimum Gasteiger partial charge on any atom is -0.432 e. The number of nitrogen functional groups attached to an aromatic ring is 1. The Balaban J connectivity index is 2.20. The molecule has 1 aromatic rings. The van der Waals surface area contributed by atoms with Crippen LogP contribution in [0.5, 0.6) is 0 Å². The predicted molar refractivity (Wildman–Crippen MR) is 129 cm³/mol. The van der Waals surface area contributed by atoms with Crippen molar-refractivity contribution in [3.63, 3.8) is 0 Å². The van der Waals surface area contributed by atoms with Gasteiger partial charge in [0.1, 0.15) is 17.5 Å². The molecule has 1 fully saturated rings. The molecule has 2 heterocycles. The van der Waals surface area contributed by atoms with E-state index in [9.17, 15) is 24.1 Å². The van der Waals surface area contributed by atoms with Gasteiger partial charge in [0.15, 0.2) is 12.4 Å². The van der Waals surface area contributed by atoms with Crippen molar-refractivity contribution in [3.05, 3.63) is 22.7 Å². The highest BCUT2D eigenvalue weighted by molar-refractivity contribution is 7.48. The number of nitrogens with zero attached hydrogens (tertiary/aromatic N) is 2.